The van der Waals surface area contributed by atoms with Crippen molar-refractivity contribution in [3.63, 3.8) is 0 Å². The van der Waals surface area contributed by atoms with Crippen molar-refractivity contribution in [3.05, 3.63) is 75.1 Å². The molecule has 122 valence electrons. The van der Waals surface area contributed by atoms with Crippen molar-refractivity contribution in [2.75, 3.05) is 6.54 Å². The molecule has 0 spiro atoms. The third-order valence-corrected chi connectivity index (χ3v) is 4.82. The van der Waals surface area contributed by atoms with Gasteiger partial charge in [0.2, 0.25) is 0 Å². The summed E-state index contributed by atoms with van der Waals surface area (Å²) in [6.45, 7) is 4.10. The molecule has 24 heavy (non-hydrogen) atoms. The molecule has 0 aliphatic carbocycles. The molecule has 4 nitrogen and oxygen atoms in total. The fourth-order valence-electron chi connectivity index (χ4n) is 3.49. The summed E-state index contributed by atoms with van der Waals surface area (Å²) in [5.74, 6) is 0.159. The van der Waals surface area contributed by atoms with Crippen LogP contribution in [0.4, 0.5) is 0 Å². The lowest BCUT2D eigenvalue weighted by Gasteiger charge is -2.28. The highest BCUT2D eigenvalue weighted by molar-refractivity contribution is 5.85. The van der Waals surface area contributed by atoms with Crippen molar-refractivity contribution in [1.29, 1.82) is 0 Å². The van der Waals surface area contributed by atoms with Crippen LogP contribution >= 0.6 is 0 Å². The summed E-state index contributed by atoms with van der Waals surface area (Å²) in [5, 5.41) is 10.8. The summed E-state index contributed by atoms with van der Waals surface area (Å²) in [4.78, 5) is 14.7. The van der Waals surface area contributed by atoms with Crippen LogP contribution in [0.3, 0.4) is 0 Å². The van der Waals surface area contributed by atoms with Gasteiger partial charge in [0.15, 0.2) is 0 Å². The van der Waals surface area contributed by atoms with Gasteiger partial charge in [0, 0.05) is 30.6 Å². The Morgan fingerprint density at radius 3 is 2.71 bits per heavy atom. The highest BCUT2D eigenvalue weighted by Crippen LogP contribution is 2.31. The Kier molecular flexibility index (Phi) is 3.62. The molecule has 0 radical (unpaired) electrons. The van der Waals surface area contributed by atoms with Crippen LogP contribution in [0, 0.1) is 6.92 Å². The number of fused-ring (bicyclic) bond motifs is 3. The van der Waals surface area contributed by atoms with Gasteiger partial charge in [-0.05, 0) is 36.6 Å². The molecule has 4 rings (SSSR count). The maximum atomic E-state index is 12.5. The number of phenols is 1. The first kappa shape index (κ1) is 15.0. The normalized spacial score (nSPS) is 14.7. The van der Waals surface area contributed by atoms with E-state index >= 15 is 0 Å². The third-order valence-electron chi connectivity index (χ3n) is 4.82. The predicted molar refractivity (Wildman–Crippen MR) is 93.1 cm³/mol. The Labute approximate surface area is 140 Å². The van der Waals surface area contributed by atoms with Crippen LogP contribution in [0.2, 0.25) is 0 Å². The molecular formula is C20H19NO3. The average molecular weight is 321 g/mol. The van der Waals surface area contributed by atoms with Gasteiger partial charge in [0.05, 0.1) is 5.56 Å². The van der Waals surface area contributed by atoms with E-state index in [0.717, 1.165) is 36.0 Å². The molecule has 3 aromatic rings. The Balaban J connectivity index is 1.73. The number of hydrogen-bond acceptors (Lipinski definition) is 4. The summed E-state index contributed by atoms with van der Waals surface area (Å²) >= 11 is 0. The molecular weight excluding hydrogens is 302 g/mol. The van der Waals surface area contributed by atoms with Gasteiger partial charge in [-0.25, -0.2) is 4.79 Å². The van der Waals surface area contributed by atoms with Crippen molar-refractivity contribution in [1.82, 2.24) is 4.90 Å². The molecule has 1 aliphatic heterocycles. The Morgan fingerprint density at radius 1 is 1.12 bits per heavy atom. The predicted octanol–water partition coefficient (Wildman–Crippen LogP) is 3.37. The zero-order valence-electron chi connectivity index (χ0n) is 13.6. The van der Waals surface area contributed by atoms with Gasteiger partial charge in [0.25, 0.3) is 0 Å². The van der Waals surface area contributed by atoms with Gasteiger partial charge in [0.1, 0.15) is 11.3 Å². The fourth-order valence-corrected chi connectivity index (χ4v) is 3.49. The summed E-state index contributed by atoms with van der Waals surface area (Å²) < 4.78 is 5.53. The van der Waals surface area contributed by atoms with Crippen molar-refractivity contribution < 1.29 is 9.52 Å². The minimum Gasteiger partial charge on any atom is -0.508 e. The van der Waals surface area contributed by atoms with E-state index < -0.39 is 0 Å². The first-order valence-electron chi connectivity index (χ1n) is 8.17. The van der Waals surface area contributed by atoms with E-state index in [0.29, 0.717) is 17.7 Å². The van der Waals surface area contributed by atoms with Crippen molar-refractivity contribution in [2.45, 2.75) is 26.4 Å². The van der Waals surface area contributed by atoms with Crippen molar-refractivity contribution >= 4 is 11.0 Å². The summed E-state index contributed by atoms with van der Waals surface area (Å²) in [5.41, 5.74) is 3.90. The highest BCUT2D eigenvalue weighted by Gasteiger charge is 2.23. The van der Waals surface area contributed by atoms with Gasteiger partial charge in [-0.15, -0.1) is 0 Å². The van der Waals surface area contributed by atoms with Gasteiger partial charge in [-0.1, -0.05) is 30.3 Å². The third kappa shape index (κ3) is 2.49. The molecule has 1 N–H and O–H groups in total. The van der Waals surface area contributed by atoms with Crippen LogP contribution in [-0.2, 0) is 19.5 Å². The molecule has 0 amide bonds. The summed E-state index contributed by atoms with van der Waals surface area (Å²) in [6.07, 6.45) is 0.814. The van der Waals surface area contributed by atoms with E-state index in [1.807, 2.05) is 24.3 Å². The van der Waals surface area contributed by atoms with Gasteiger partial charge in [-0.2, -0.15) is 0 Å². The van der Waals surface area contributed by atoms with Crippen molar-refractivity contribution in [2.24, 2.45) is 0 Å². The zero-order chi connectivity index (χ0) is 16.7. The van der Waals surface area contributed by atoms with Crippen LogP contribution in [0.15, 0.2) is 51.7 Å². The van der Waals surface area contributed by atoms with E-state index in [2.05, 4.69) is 17.0 Å². The second kappa shape index (κ2) is 5.80. The number of rotatable bonds is 2. The van der Waals surface area contributed by atoms with Gasteiger partial charge in [-0.3, -0.25) is 4.90 Å². The lowest BCUT2D eigenvalue weighted by atomic mass is 9.96. The van der Waals surface area contributed by atoms with Crippen LogP contribution in [0.25, 0.3) is 11.0 Å². The second-order valence-electron chi connectivity index (χ2n) is 6.38. The quantitative estimate of drug-likeness (QED) is 0.735. The maximum Gasteiger partial charge on any atom is 0.341 e. The van der Waals surface area contributed by atoms with Crippen LogP contribution in [-0.4, -0.2) is 16.6 Å². The maximum absolute atomic E-state index is 12.5. The first-order valence-corrected chi connectivity index (χ1v) is 8.17. The number of nitrogens with zero attached hydrogens (tertiary/aromatic N) is 1. The van der Waals surface area contributed by atoms with Gasteiger partial charge >= 0.3 is 5.63 Å². The van der Waals surface area contributed by atoms with Crippen LogP contribution in [0.1, 0.15) is 22.3 Å². The lowest BCUT2D eigenvalue weighted by Crippen LogP contribution is -2.33. The summed E-state index contributed by atoms with van der Waals surface area (Å²) in [6, 6.07) is 13.8. The number of benzene rings is 2. The molecule has 0 saturated carbocycles. The van der Waals surface area contributed by atoms with Crippen molar-refractivity contribution in [3.8, 4) is 5.75 Å². The number of aryl methyl sites for hydroxylation is 1. The highest BCUT2D eigenvalue weighted by atomic mass is 16.4. The fraction of sp³-hybridized carbons (Fsp3) is 0.250. The molecule has 1 aromatic heterocycles. The lowest BCUT2D eigenvalue weighted by molar-refractivity contribution is 0.241. The minimum absolute atomic E-state index is 0.159. The number of hydrogen-bond donors (Lipinski definition) is 1. The van der Waals surface area contributed by atoms with Crippen LogP contribution in [0.5, 0.6) is 5.75 Å². The standard InChI is InChI=1S/C20H19NO3/c1-13-18(22)8-7-16-15-9-10-21(11-14-5-3-2-4-6-14)12-17(15)20(23)24-19(13)16/h2-8,22H,9-12H2,1H3. The topological polar surface area (TPSA) is 53.7 Å². The van der Waals surface area contributed by atoms with E-state index in [1.165, 1.54) is 5.56 Å². The Hall–Kier alpha value is -2.59. The van der Waals surface area contributed by atoms with E-state index in [-0.39, 0.29) is 11.4 Å². The van der Waals surface area contributed by atoms with Gasteiger partial charge < -0.3 is 9.52 Å². The molecule has 0 bridgehead atoms. The minimum atomic E-state index is -0.288. The molecule has 0 fully saturated rings. The molecule has 0 saturated heterocycles. The van der Waals surface area contributed by atoms with Crippen LogP contribution < -0.4 is 5.63 Å². The molecule has 1 aliphatic rings. The zero-order valence-corrected chi connectivity index (χ0v) is 13.6. The Bertz CT molecular complexity index is 960. The molecule has 2 aromatic carbocycles. The largest absolute Gasteiger partial charge is 0.508 e. The second-order valence-corrected chi connectivity index (χ2v) is 6.38. The average Bonchev–Trinajstić information content (AvgIpc) is 2.60. The van der Waals surface area contributed by atoms with E-state index in [9.17, 15) is 9.90 Å². The molecule has 2 heterocycles. The molecule has 0 unspecified atom stereocenters. The first-order chi connectivity index (χ1) is 11.6. The van der Waals surface area contributed by atoms with E-state index in [1.54, 1.807) is 13.0 Å². The number of aromatic hydroxyl groups is 1. The van der Waals surface area contributed by atoms with E-state index in [4.69, 9.17) is 4.42 Å². The smallest absolute Gasteiger partial charge is 0.341 e. The Morgan fingerprint density at radius 2 is 1.92 bits per heavy atom. The number of phenolic OH excluding ortho intramolecular Hbond substituents is 1. The SMILES string of the molecule is Cc1c(O)ccc2c3c(c(=O)oc12)CN(Cc1ccccc1)CC3. The molecule has 0 atom stereocenters. The summed E-state index contributed by atoms with van der Waals surface area (Å²) in [7, 11) is 0. The molecule has 4 heteroatoms. The monoisotopic (exact) mass is 321 g/mol.